The fourth-order valence-electron chi connectivity index (χ4n) is 1.37. The lowest BCUT2D eigenvalue weighted by molar-refractivity contribution is 0.0971. The first kappa shape index (κ1) is 12.2. The second-order valence-electron chi connectivity index (χ2n) is 4.26. The van der Waals surface area contributed by atoms with Gasteiger partial charge in [0.1, 0.15) is 0 Å². The second kappa shape index (κ2) is 6.59. The van der Waals surface area contributed by atoms with E-state index in [9.17, 15) is 0 Å². The van der Waals surface area contributed by atoms with Gasteiger partial charge < -0.3 is 10.1 Å². The zero-order valence-corrected chi connectivity index (χ0v) is 9.92. The molecule has 1 N–H and O–H groups in total. The highest BCUT2D eigenvalue weighted by molar-refractivity contribution is 5.21. The van der Waals surface area contributed by atoms with E-state index in [1.54, 1.807) is 0 Å². The van der Waals surface area contributed by atoms with Crippen LogP contribution in [-0.2, 0) is 17.9 Å². The molecule has 2 nitrogen and oxygen atoms in total. The van der Waals surface area contributed by atoms with E-state index < -0.39 is 0 Å². The van der Waals surface area contributed by atoms with E-state index in [4.69, 9.17) is 4.74 Å². The van der Waals surface area contributed by atoms with E-state index >= 15 is 0 Å². The molecule has 0 amide bonds. The van der Waals surface area contributed by atoms with Gasteiger partial charge in [0, 0.05) is 13.2 Å². The van der Waals surface area contributed by atoms with E-state index in [0.29, 0.717) is 5.92 Å². The van der Waals surface area contributed by atoms with Gasteiger partial charge in [0.25, 0.3) is 0 Å². The van der Waals surface area contributed by atoms with Crippen LogP contribution < -0.4 is 5.32 Å². The van der Waals surface area contributed by atoms with Crippen LogP contribution in [0.3, 0.4) is 0 Å². The van der Waals surface area contributed by atoms with Gasteiger partial charge >= 0.3 is 0 Å². The van der Waals surface area contributed by atoms with Gasteiger partial charge in [-0.15, -0.1) is 0 Å². The quantitative estimate of drug-likeness (QED) is 0.774. The van der Waals surface area contributed by atoms with Crippen molar-refractivity contribution < 1.29 is 4.74 Å². The lowest BCUT2D eigenvalue weighted by Gasteiger charge is -2.07. The van der Waals surface area contributed by atoms with Gasteiger partial charge in [-0.05, 0) is 24.1 Å². The number of hydrogen-bond acceptors (Lipinski definition) is 2. The molecule has 2 heteroatoms. The average Bonchev–Trinajstić information content (AvgIpc) is 2.20. The lowest BCUT2D eigenvalue weighted by Crippen LogP contribution is -2.05. The van der Waals surface area contributed by atoms with Crippen LogP contribution in [0.4, 0.5) is 0 Å². The van der Waals surface area contributed by atoms with E-state index in [-0.39, 0.29) is 0 Å². The SMILES string of the molecule is CNCc1ccc(COCC(C)C)cc1. The minimum Gasteiger partial charge on any atom is -0.377 e. The molecule has 0 fully saturated rings. The normalized spacial score (nSPS) is 10.9. The highest BCUT2D eigenvalue weighted by Gasteiger charge is 1.96. The van der Waals surface area contributed by atoms with Crippen LogP contribution in [0.2, 0.25) is 0 Å². The molecule has 0 unspecified atom stereocenters. The van der Waals surface area contributed by atoms with Crippen molar-refractivity contribution in [2.24, 2.45) is 5.92 Å². The summed E-state index contributed by atoms with van der Waals surface area (Å²) in [5.74, 6) is 0.605. The van der Waals surface area contributed by atoms with E-state index in [1.807, 2.05) is 7.05 Å². The standard InChI is InChI=1S/C13H21NO/c1-11(2)9-15-10-13-6-4-12(5-7-13)8-14-3/h4-7,11,14H,8-10H2,1-3H3. The van der Waals surface area contributed by atoms with Crippen LogP contribution in [0.25, 0.3) is 0 Å². The fraction of sp³-hybridized carbons (Fsp3) is 0.538. The number of rotatable bonds is 6. The zero-order chi connectivity index (χ0) is 11.1. The van der Waals surface area contributed by atoms with Crippen LogP contribution in [0.1, 0.15) is 25.0 Å². The number of benzene rings is 1. The summed E-state index contributed by atoms with van der Waals surface area (Å²) >= 11 is 0. The maximum atomic E-state index is 5.57. The number of ether oxygens (including phenoxy) is 1. The molecule has 0 saturated heterocycles. The average molecular weight is 207 g/mol. The molecule has 0 aromatic heterocycles. The molecule has 0 bridgehead atoms. The van der Waals surface area contributed by atoms with Crippen LogP contribution in [0.15, 0.2) is 24.3 Å². The zero-order valence-electron chi connectivity index (χ0n) is 9.92. The molecule has 1 aromatic carbocycles. The van der Waals surface area contributed by atoms with E-state index in [0.717, 1.165) is 19.8 Å². The first-order chi connectivity index (χ1) is 7.22. The monoisotopic (exact) mass is 207 g/mol. The predicted octanol–water partition coefficient (Wildman–Crippen LogP) is 2.58. The summed E-state index contributed by atoms with van der Waals surface area (Å²) in [6, 6.07) is 8.55. The second-order valence-corrected chi connectivity index (χ2v) is 4.26. The van der Waals surface area contributed by atoms with Crippen LogP contribution in [-0.4, -0.2) is 13.7 Å². The highest BCUT2D eigenvalue weighted by Crippen LogP contribution is 2.06. The summed E-state index contributed by atoms with van der Waals surface area (Å²) in [4.78, 5) is 0. The van der Waals surface area contributed by atoms with Gasteiger partial charge in [-0.2, -0.15) is 0 Å². The number of nitrogens with one attached hydrogen (secondary N) is 1. The topological polar surface area (TPSA) is 21.3 Å². The molecule has 0 heterocycles. The molecule has 84 valence electrons. The summed E-state index contributed by atoms with van der Waals surface area (Å²) in [6.07, 6.45) is 0. The van der Waals surface area contributed by atoms with Crippen molar-refractivity contribution in [1.29, 1.82) is 0 Å². The highest BCUT2D eigenvalue weighted by atomic mass is 16.5. The van der Waals surface area contributed by atoms with Crippen molar-refractivity contribution in [2.75, 3.05) is 13.7 Å². The maximum Gasteiger partial charge on any atom is 0.0717 e. The fourth-order valence-corrected chi connectivity index (χ4v) is 1.37. The number of hydrogen-bond donors (Lipinski definition) is 1. The molecule has 0 radical (unpaired) electrons. The van der Waals surface area contributed by atoms with E-state index in [1.165, 1.54) is 11.1 Å². The van der Waals surface area contributed by atoms with Crippen molar-refractivity contribution >= 4 is 0 Å². The van der Waals surface area contributed by atoms with E-state index in [2.05, 4.69) is 43.4 Å². The molecule has 0 aliphatic heterocycles. The Morgan fingerprint density at radius 3 is 2.27 bits per heavy atom. The Labute approximate surface area is 92.6 Å². The third kappa shape index (κ3) is 4.96. The van der Waals surface area contributed by atoms with Gasteiger partial charge in [0.15, 0.2) is 0 Å². The minimum atomic E-state index is 0.605. The molecule has 15 heavy (non-hydrogen) atoms. The summed E-state index contributed by atoms with van der Waals surface area (Å²) in [6.45, 7) is 6.80. The van der Waals surface area contributed by atoms with Crippen LogP contribution in [0.5, 0.6) is 0 Å². The Morgan fingerprint density at radius 2 is 1.73 bits per heavy atom. The van der Waals surface area contributed by atoms with Crippen LogP contribution in [0, 0.1) is 5.92 Å². The van der Waals surface area contributed by atoms with Crippen molar-refractivity contribution in [2.45, 2.75) is 27.0 Å². The van der Waals surface area contributed by atoms with Crippen molar-refractivity contribution in [3.8, 4) is 0 Å². The van der Waals surface area contributed by atoms with Crippen molar-refractivity contribution in [3.63, 3.8) is 0 Å². The third-order valence-electron chi connectivity index (χ3n) is 2.12. The molecule has 0 atom stereocenters. The van der Waals surface area contributed by atoms with Gasteiger partial charge in [0.2, 0.25) is 0 Å². The molecule has 1 aromatic rings. The molecule has 0 spiro atoms. The van der Waals surface area contributed by atoms with Crippen molar-refractivity contribution in [3.05, 3.63) is 35.4 Å². The summed E-state index contributed by atoms with van der Waals surface area (Å²) in [5, 5.41) is 3.13. The van der Waals surface area contributed by atoms with Gasteiger partial charge in [-0.3, -0.25) is 0 Å². The minimum absolute atomic E-state index is 0.605. The molecule has 0 aliphatic rings. The predicted molar refractivity (Wildman–Crippen MR) is 63.7 cm³/mol. The molecule has 0 aliphatic carbocycles. The molecular formula is C13H21NO. The summed E-state index contributed by atoms with van der Waals surface area (Å²) in [7, 11) is 1.96. The largest absolute Gasteiger partial charge is 0.377 e. The molecule has 1 rings (SSSR count). The Kier molecular flexibility index (Phi) is 5.37. The van der Waals surface area contributed by atoms with Crippen molar-refractivity contribution in [1.82, 2.24) is 5.32 Å². The smallest absolute Gasteiger partial charge is 0.0717 e. The van der Waals surface area contributed by atoms with Crippen LogP contribution >= 0.6 is 0 Å². The van der Waals surface area contributed by atoms with Gasteiger partial charge in [0.05, 0.1) is 6.61 Å². The third-order valence-corrected chi connectivity index (χ3v) is 2.12. The molecular weight excluding hydrogens is 186 g/mol. The maximum absolute atomic E-state index is 5.57. The van der Waals surface area contributed by atoms with Gasteiger partial charge in [-0.1, -0.05) is 38.1 Å². The summed E-state index contributed by atoms with van der Waals surface area (Å²) in [5.41, 5.74) is 2.56. The Bertz CT molecular complexity index is 266. The lowest BCUT2D eigenvalue weighted by atomic mass is 10.1. The summed E-state index contributed by atoms with van der Waals surface area (Å²) < 4.78 is 5.57. The molecule has 0 saturated carbocycles. The first-order valence-corrected chi connectivity index (χ1v) is 5.52. The Morgan fingerprint density at radius 1 is 1.13 bits per heavy atom. The Hall–Kier alpha value is -0.860. The van der Waals surface area contributed by atoms with Gasteiger partial charge in [-0.25, -0.2) is 0 Å². The first-order valence-electron chi connectivity index (χ1n) is 5.52. The Balaban J connectivity index is 2.36.